The molecule has 0 radical (unpaired) electrons. The zero-order chi connectivity index (χ0) is 18.7. The van der Waals surface area contributed by atoms with Crippen LogP contribution in [0.5, 0.6) is 5.75 Å². The Hall–Kier alpha value is -2.54. The summed E-state index contributed by atoms with van der Waals surface area (Å²) in [5.74, 6) is -1.69. The maximum Gasteiger partial charge on any atom is 0.257 e. The van der Waals surface area contributed by atoms with E-state index in [9.17, 15) is 18.0 Å². The van der Waals surface area contributed by atoms with Crippen molar-refractivity contribution in [2.45, 2.75) is 6.54 Å². The van der Waals surface area contributed by atoms with Crippen LogP contribution in [0, 0.1) is 17.5 Å². The molecule has 1 fully saturated rings. The van der Waals surface area contributed by atoms with Crippen LogP contribution in [0.1, 0.15) is 15.9 Å². The van der Waals surface area contributed by atoms with Crippen LogP contribution in [-0.2, 0) is 6.54 Å². The van der Waals surface area contributed by atoms with Gasteiger partial charge < -0.3 is 14.5 Å². The standard InChI is InChI=1S/C19H19F3N2O2/c1-26-18-5-3-14(20)10-13(18)12-23-6-8-24(9-7-23)19(25)16-4-2-15(21)11-17(16)22/h2-5,10-11H,6-9,12H2,1H3/p+1. The molecule has 1 heterocycles. The molecule has 0 saturated carbocycles. The SMILES string of the molecule is COc1ccc(F)cc1C[NH+]1CCN(C(=O)c2ccc(F)cc2F)CC1. The van der Waals surface area contributed by atoms with E-state index < -0.39 is 17.5 Å². The number of ether oxygens (including phenoxy) is 1. The molecular formula is C19H20F3N2O2+. The van der Waals surface area contributed by atoms with E-state index in [1.54, 1.807) is 18.1 Å². The monoisotopic (exact) mass is 365 g/mol. The first kappa shape index (κ1) is 18.3. The number of carbonyl (C=O) groups is 1. The first-order chi connectivity index (χ1) is 12.5. The molecule has 1 saturated heterocycles. The number of hydrogen-bond acceptors (Lipinski definition) is 2. The summed E-state index contributed by atoms with van der Waals surface area (Å²) >= 11 is 0. The Bertz CT molecular complexity index is 805. The number of nitrogens with zero attached hydrogens (tertiary/aromatic N) is 1. The van der Waals surface area contributed by atoms with E-state index in [2.05, 4.69) is 0 Å². The van der Waals surface area contributed by atoms with Crippen LogP contribution in [-0.4, -0.2) is 44.1 Å². The van der Waals surface area contributed by atoms with Crippen molar-refractivity contribution in [3.63, 3.8) is 0 Å². The van der Waals surface area contributed by atoms with Crippen molar-refractivity contribution in [1.29, 1.82) is 0 Å². The Morgan fingerprint density at radius 2 is 1.73 bits per heavy atom. The molecule has 0 atom stereocenters. The minimum atomic E-state index is -0.853. The largest absolute Gasteiger partial charge is 0.496 e. The highest BCUT2D eigenvalue weighted by atomic mass is 19.1. The van der Waals surface area contributed by atoms with Gasteiger partial charge in [0.15, 0.2) is 0 Å². The third kappa shape index (κ3) is 3.99. The summed E-state index contributed by atoms with van der Waals surface area (Å²) in [6.07, 6.45) is 0. The minimum Gasteiger partial charge on any atom is -0.496 e. The predicted octanol–water partition coefficient (Wildman–Crippen LogP) is 1.65. The summed E-state index contributed by atoms with van der Waals surface area (Å²) in [5.41, 5.74) is 0.647. The molecule has 1 aliphatic heterocycles. The first-order valence-corrected chi connectivity index (χ1v) is 8.38. The Balaban J connectivity index is 1.62. The highest BCUT2D eigenvalue weighted by Gasteiger charge is 2.27. The zero-order valence-electron chi connectivity index (χ0n) is 14.4. The molecular weight excluding hydrogens is 345 g/mol. The molecule has 0 aliphatic carbocycles. The summed E-state index contributed by atoms with van der Waals surface area (Å²) in [4.78, 5) is 15.2. The third-order valence-electron chi connectivity index (χ3n) is 4.60. The van der Waals surface area contributed by atoms with Crippen LogP contribution in [0.3, 0.4) is 0 Å². The molecule has 0 spiro atoms. The fourth-order valence-corrected chi connectivity index (χ4v) is 3.19. The lowest BCUT2D eigenvalue weighted by Crippen LogP contribution is -3.13. The average Bonchev–Trinajstić information content (AvgIpc) is 2.62. The van der Waals surface area contributed by atoms with Crippen LogP contribution >= 0.6 is 0 Å². The van der Waals surface area contributed by atoms with Gasteiger partial charge in [0, 0.05) is 6.07 Å². The number of halogens is 3. The second kappa shape index (κ2) is 7.78. The number of carbonyl (C=O) groups excluding carboxylic acids is 1. The highest BCUT2D eigenvalue weighted by molar-refractivity contribution is 5.94. The molecule has 0 unspecified atom stereocenters. The molecule has 1 amide bonds. The van der Waals surface area contributed by atoms with Gasteiger partial charge in [0.25, 0.3) is 5.91 Å². The summed E-state index contributed by atoms with van der Waals surface area (Å²) < 4.78 is 45.5. The minimum absolute atomic E-state index is 0.123. The maximum absolute atomic E-state index is 13.8. The normalized spacial score (nSPS) is 15.2. The highest BCUT2D eigenvalue weighted by Crippen LogP contribution is 2.18. The van der Waals surface area contributed by atoms with Crippen molar-refractivity contribution in [2.75, 3.05) is 33.3 Å². The van der Waals surface area contributed by atoms with Crippen molar-refractivity contribution in [3.05, 3.63) is 65.0 Å². The molecule has 1 aliphatic rings. The topological polar surface area (TPSA) is 34.0 Å². The van der Waals surface area contributed by atoms with E-state index >= 15 is 0 Å². The van der Waals surface area contributed by atoms with Gasteiger partial charge in [-0.2, -0.15) is 0 Å². The van der Waals surface area contributed by atoms with Crippen molar-refractivity contribution in [3.8, 4) is 5.75 Å². The number of benzene rings is 2. The van der Waals surface area contributed by atoms with Gasteiger partial charge in [0.1, 0.15) is 29.7 Å². The summed E-state index contributed by atoms with van der Waals surface area (Å²) in [5, 5.41) is 0. The second-order valence-electron chi connectivity index (χ2n) is 6.30. The fraction of sp³-hybridized carbons (Fsp3) is 0.316. The van der Waals surface area contributed by atoms with E-state index in [0.717, 1.165) is 11.6 Å². The predicted molar refractivity (Wildman–Crippen MR) is 89.6 cm³/mol. The number of hydrogen-bond donors (Lipinski definition) is 1. The van der Waals surface area contributed by atoms with Gasteiger partial charge in [0.05, 0.1) is 44.4 Å². The zero-order valence-corrected chi connectivity index (χ0v) is 14.4. The molecule has 1 N–H and O–H groups in total. The van der Waals surface area contributed by atoms with E-state index in [1.165, 1.54) is 23.1 Å². The number of quaternary nitrogens is 1. The van der Waals surface area contributed by atoms with Gasteiger partial charge in [-0.15, -0.1) is 0 Å². The van der Waals surface area contributed by atoms with E-state index in [4.69, 9.17) is 4.74 Å². The van der Waals surface area contributed by atoms with Crippen molar-refractivity contribution < 1.29 is 27.6 Å². The fourth-order valence-electron chi connectivity index (χ4n) is 3.19. The molecule has 7 heteroatoms. The van der Waals surface area contributed by atoms with Crippen LogP contribution < -0.4 is 9.64 Å². The first-order valence-electron chi connectivity index (χ1n) is 8.38. The molecule has 2 aromatic carbocycles. The van der Waals surface area contributed by atoms with Gasteiger partial charge in [-0.25, -0.2) is 13.2 Å². The second-order valence-corrected chi connectivity index (χ2v) is 6.30. The lowest BCUT2D eigenvalue weighted by molar-refractivity contribution is -0.917. The Morgan fingerprint density at radius 3 is 2.38 bits per heavy atom. The smallest absolute Gasteiger partial charge is 0.257 e. The van der Waals surface area contributed by atoms with Crippen LogP contribution in [0.15, 0.2) is 36.4 Å². The van der Waals surface area contributed by atoms with Crippen molar-refractivity contribution in [1.82, 2.24) is 4.90 Å². The third-order valence-corrected chi connectivity index (χ3v) is 4.60. The summed E-state index contributed by atoms with van der Waals surface area (Å²) in [7, 11) is 1.54. The lowest BCUT2D eigenvalue weighted by atomic mass is 10.1. The van der Waals surface area contributed by atoms with Gasteiger partial charge in [-0.1, -0.05) is 0 Å². The van der Waals surface area contributed by atoms with Gasteiger partial charge in [-0.3, -0.25) is 4.79 Å². The van der Waals surface area contributed by atoms with Crippen molar-refractivity contribution >= 4 is 5.91 Å². The molecule has 0 aromatic heterocycles. The average molecular weight is 365 g/mol. The number of piperazine rings is 1. The van der Waals surface area contributed by atoms with Crippen LogP contribution in [0.25, 0.3) is 0 Å². The van der Waals surface area contributed by atoms with Gasteiger partial charge in [-0.05, 0) is 30.3 Å². The molecule has 138 valence electrons. The molecule has 2 aromatic rings. The van der Waals surface area contributed by atoms with E-state index in [1.807, 2.05) is 0 Å². The van der Waals surface area contributed by atoms with Crippen LogP contribution in [0.2, 0.25) is 0 Å². The Kier molecular flexibility index (Phi) is 5.46. The summed E-state index contributed by atoms with van der Waals surface area (Å²) in [6, 6.07) is 7.37. The molecule has 26 heavy (non-hydrogen) atoms. The lowest BCUT2D eigenvalue weighted by Gasteiger charge is -2.32. The number of amides is 1. The maximum atomic E-state index is 13.8. The van der Waals surface area contributed by atoms with Crippen molar-refractivity contribution in [2.24, 2.45) is 0 Å². The number of rotatable bonds is 4. The van der Waals surface area contributed by atoms with Gasteiger partial charge in [0.2, 0.25) is 0 Å². The number of methoxy groups -OCH3 is 1. The Labute approximate surface area is 149 Å². The molecule has 0 bridgehead atoms. The summed E-state index contributed by atoms with van der Waals surface area (Å²) in [6.45, 7) is 2.77. The van der Waals surface area contributed by atoms with Gasteiger partial charge >= 0.3 is 0 Å². The molecule has 4 nitrogen and oxygen atoms in total. The van der Waals surface area contributed by atoms with Crippen LogP contribution in [0.4, 0.5) is 13.2 Å². The van der Waals surface area contributed by atoms with E-state index in [-0.39, 0.29) is 11.4 Å². The quantitative estimate of drug-likeness (QED) is 0.894. The number of nitrogens with one attached hydrogen (secondary N) is 1. The van der Waals surface area contributed by atoms with E-state index in [0.29, 0.717) is 44.5 Å². The molecule has 3 rings (SSSR count). The Morgan fingerprint density at radius 1 is 1.08 bits per heavy atom.